The number of rotatable bonds is 6. The van der Waals surface area contributed by atoms with Gasteiger partial charge >= 0.3 is 0 Å². The maximum absolute atomic E-state index is 12.8. The summed E-state index contributed by atoms with van der Waals surface area (Å²) in [6.45, 7) is 9.27. The highest BCUT2D eigenvalue weighted by Crippen LogP contribution is 2.19. The molecule has 31 heavy (non-hydrogen) atoms. The number of carbonyl (C=O) groups excluding carboxylic acids is 1. The third-order valence-corrected chi connectivity index (χ3v) is 6.43. The Hall–Kier alpha value is -2.83. The number of phenols is 1. The molecular weight excluding hydrogens is 388 g/mol. The number of quaternary nitrogens is 2. The molecule has 2 heterocycles. The summed E-state index contributed by atoms with van der Waals surface area (Å²) in [4.78, 5) is 20.1. The second-order valence-corrected chi connectivity index (χ2v) is 8.58. The lowest BCUT2D eigenvalue weighted by Crippen LogP contribution is -3.28. The predicted octanol–water partition coefficient (Wildman–Crippen LogP) is -0.462. The lowest BCUT2D eigenvalue weighted by atomic mass is 10.2. The summed E-state index contributed by atoms with van der Waals surface area (Å²) in [7, 11) is 0. The number of carbonyl (C=O) groups is 1. The molecule has 2 aliphatic heterocycles. The highest BCUT2D eigenvalue weighted by atomic mass is 16.3. The first-order valence-electron chi connectivity index (χ1n) is 11.4. The standard InChI is InChI=1S/C25H32N4O2/c30-24-10-8-23(9-11-24)28-17-19-29(20-18-28)25(31)21-27-15-13-26(14-16-27)12-4-7-22-5-2-1-3-6-22/h1-11,30H,12-21H2/p+2/b7-4+. The monoisotopic (exact) mass is 422 g/mol. The molecule has 2 fully saturated rings. The summed E-state index contributed by atoms with van der Waals surface area (Å²) in [6, 6.07) is 17.7. The van der Waals surface area contributed by atoms with Crippen LogP contribution in [0.25, 0.3) is 6.08 Å². The van der Waals surface area contributed by atoms with Crippen molar-refractivity contribution in [3.05, 3.63) is 66.2 Å². The van der Waals surface area contributed by atoms with Gasteiger partial charge in [-0.15, -0.1) is 0 Å². The second kappa shape index (κ2) is 10.5. The van der Waals surface area contributed by atoms with Crippen LogP contribution in [0, 0.1) is 0 Å². The van der Waals surface area contributed by atoms with Gasteiger partial charge in [-0.25, -0.2) is 0 Å². The van der Waals surface area contributed by atoms with E-state index in [2.05, 4.69) is 41.3 Å². The van der Waals surface area contributed by atoms with Gasteiger partial charge in [0, 0.05) is 31.9 Å². The van der Waals surface area contributed by atoms with Crippen molar-refractivity contribution in [2.24, 2.45) is 0 Å². The molecule has 164 valence electrons. The predicted molar refractivity (Wildman–Crippen MR) is 124 cm³/mol. The molecule has 2 aromatic carbocycles. The minimum atomic E-state index is 0.285. The van der Waals surface area contributed by atoms with Crippen LogP contribution in [0.4, 0.5) is 5.69 Å². The zero-order chi connectivity index (χ0) is 21.5. The molecule has 0 aromatic heterocycles. The van der Waals surface area contributed by atoms with Gasteiger partial charge in [-0.2, -0.15) is 0 Å². The van der Waals surface area contributed by atoms with Crippen molar-refractivity contribution in [2.75, 3.05) is 70.3 Å². The molecule has 0 spiro atoms. The summed E-state index contributed by atoms with van der Waals surface area (Å²) in [5.41, 5.74) is 2.36. The van der Waals surface area contributed by atoms with E-state index < -0.39 is 0 Å². The number of phenolic OH excluding ortho intramolecular Hbond substituents is 1. The Morgan fingerprint density at radius 1 is 0.871 bits per heavy atom. The molecule has 3 N–H and O–H groups in total. The van der Waals surface area contributed by atoms with Gasteiger partial charge in [-0.3, -0.25) is 4.79 Å². The molecule has 0 aliphatic carbocycles. The Morgan fingerprint density at radius 2 is 1.52 bits per heavy atom. The van der Waals surface area contributed by atoms with Crippen LogP contribution in [0.1, 0.15) is 5.56 Å². The molecule has 2 aliphatic rings. The van der Waals surface area contributed by atoms with Gasteiger partial charge in [0.05, 0.1) is 6.54 Å². The number of nitrogens with zero attached hydrogens (tertiary/aromatic N) is 2. The Kier molecular flexibility index (Phi) is 7.22. The van der Waals surface area contributed by atoms with Crippen molar-refractivity contribution < 1.29 is 19.7 Å². The fourth-order valence-electron chi connectivity index (χ4n) is 4.47. The van der Waals surface area contributed by atoms with Gasteiger partial charge in [0.15, 0.2) is 6.54 Å². The summed E-state index contributed by atoms with van der Waals surface area (Å²) in [5, 5.41) is 9.45. The Morgan fingerprint density at radius 3 is 2.19 bits per heavy atom. The third kappa shape index (κ3) is 6.09. The SMILES string of the molecule is O=C(C[NH+]1CC[NH+](C/C=C/c2ccccc2)CC1)N1CCN(c2ccc(O)cc2)CC1. The van der Waals surface area contributed by atoms with Crippen molar-refractivity contribution in [2.45, 2.75) is 0 Å². The van der Waals surface area contributed by atoms with Crippen LogP contribution in [-0.4, -0.2) is 81.4 Å². The van der Waals surface area contributed by atoms with Crippen LogP contribution in [0.2, 0.25) is 0 Å². The second-order valence-electron chi connectivity index (χ2n) is 8.58. The van der Waals surface area contributed by atoms with Gasteiger partial charge in [-0.05, 0) is 35.9 Å². The summed E-state index contributed by atoms with van der Waals surface area (Å²) in [5.74, 6) is 0.572. The summed E-state index contributed by atoms with van der Waals surface area (Å²) in [6.07, 6.45) is 4.47. The third-order valence-electron chi connectivity index (χ3n) is 6.43. The van der Waals surface area contributed by atoms with E-state index in [9.17, 15) is 9.90 Å². The zero-order valence-electron chi connectivity index (χ0n) is 18.2. The first-order valence-corrected chi connectivity index (χ1v) is 11.4. The van der Waals surface area contributed by atoms with Crippen molar-refractivity contribution in [3.63, 3.8) is 0 Å². The number of amides is 1. The van der Waals surface area contributed by atoms with Crippen LogP contribution in [0.3, 0.4) is 0 Å². The Balaban J connectivity index is 1.16. The first-order chi connectivity index (χ1) is 15.2. The summed E-state index contributed by atoms with van der Waals surface area (Å²) >= 11 is 0. The Labute approximate surface area is 185 Å². The molecule has 0 unspecified atom stereocenters. The fourth-order valence-corrected chi connectivity index (χ4v) is 4.47. The van der Waals surface area contributed by atoms with Gasteiger partial charge in [0.1, 0.15) is 31.9 Å². The average Bonchev–Trinajstić information content (AvgIpc) is 2.81. The van der Waals surface area contributed by atoms with E-state index >= 15 is 0 Å². The quantitative estimate of drug-likeness (QED) is 0.591. The van der Waals surface area contributed by atoms with E-state index in [1.54, 1.807) is 17.0 Å². The van der Waals surface area contributed by atoms with Gasteiger partial charge in [0.25, 0.3) is 5.91 Å². The molecule has 0 radical (unpaired) electrons. The maximum Gasteiger partial charge on any atom is 0.277 e. The van der Waals surface area contributed by atoms with Crippen LogP contribution < -0.4 is 14.7 Å². The molecule has 6 nitrogen and oxygen atoms in total. The minimum Gasteiger partial charge on any atom is -0.508 e. The number of hydrogen-bond donors (Lipinski definition) is 3. The largest absolute Gasteiger partial charge is 0.508 e. The highest BCUT2D eigenvalue weighted by Gasteiger charge is 2.28. The molecule has 0 saturated carbocycles. The smallest absolute Gasteiger partial charge is 0.277 e. The minimum absolute atomic E-state index is 0.285. The fraction of sp³-hybridized carbons (Fsp3) is 0.400. The van der Waals surface area contributed by atoms with Crippen LogP contribution in [-0.2, 0) is 4.79 Å². The normalized spacial score (nSPS) is 22.1. The number of anilines is 1. The van der Waals surface area contributed by atoms with Crippen LogP contribution >= 0.6 is 0 Å². The number of nitrogens with one attached hydrogen (secondary N) is 2. The van der Waals surface area contributed by atoms with Crippen LogP contribution in [0.15, 0.2) is 60.7 Å². The van der Waals surface area contributed by atoms with Crippen molar-refractivity contribution in [1.82, 2.24) is 4.90 Å². The number of hydrogen-bond acceptors (Lipinski definition) is 3. The number of benzene rings is 2. The molecule has 6 heteroatoms. The number of piperazine rings is 2. The lowest BCUT2D eigenvalue weighted by Gasteiger charge is -2.37. The molecule has 0 bridgehead atoms. The van der Waals surface area contributed by atoms with E-state index in [0.29, 0.717) is 6.54 Å². The van der Waals surface area contributed by atoms with Gasteiger partial charge < -0.3 is 24.7 Å². The van der Waals surface area contributed by atoms with Gasteiger partial charge in [0.2, 0.25) is 0 Å². The van der Waals surface area contributed by atoms with E-state index in [-0.39, 0.29) is 11.7 Å². The number of aromatic hydroxyl groups is 1. The van der Waals surface area contributed by atoms with Gasteiger partial charge in [-0.1, -0.05) is 36.4 Å². The maximum atomic E-state index is 12.8. The molecule has 2 saturated heterocycles. The zero-order valence-corrected chi connectivity index (χ0v) is 18.2. The van der Waals surface area contributed by atoms with Crippen molar-refractivity contribution >= 4 is 17.7 Å². The lowest BCUT2D eigenvalue weighted by molar-refractivity contribution is -1.01. The van der Waals surface area contributed by atoms with Crippen molar-refractivity contribution in [3.8, 4) is 5.75 Å². The molecular formula is C25H34N4O2+2. The molecule has 4 rings (SSSR count). The Bertz CT molecular complexity index is 853. The molecule has 2 aromatic rings. The molecule has 0 atom stereocenters. The average molecular weight is 423 g/mol. The van der Waals surface area contributed by atoms with E-state index in [1.807, 2.05) is 23.1 Å². The molecule has 1 amide bonds. The highest BCUT2D eigenvalue weighted by molar-refractivity contribution is 5.77. The van der Waals surface area contributed by atoms with E-state index in [0.717, 1.165) is 64.6 Å². The van der Waals surface area contributed by atoms with Crippen LogP contribution in [0.5, 0.6) is 5.75 Å². The first kappa shape index (κ1) is 21.4. The topological polar surface area (TPSA) is 52.7 Å². The van der Waals surface area contributed by atoms with E-state index in [4.69, 9.17) is 0 Å². The van der Waals surface area contributed by atoms with E-state index in [1.165, 1.54) is 10.5 Å². The van der Waals surface area contributed by atoms with Crippen molar-refractivity contribution in [1.29, 1.82) is 0 Å². The summed E-state index contributed by atoms with van der Waals surface area (Å²) < 4.78 is 0.